The fourth-order valence-electron chi connectivity index (χ4n) is 2.48. The zero-order chi connectivity index (χ0) is 20.8. The van der Waals surface area contributed by atoms with Crippen molar-refractivity contribution < 1.29 is 18.7 Å². The number of hydrogen-bond acceptors (Lipinski definition) is 5. The maximum absolute atomic E-state index is 12.0. The van der Waals surface area contributed by atoms with E-state index in [0.29, 0.717) is 38.6 Å². The molecule has 3 aromatic rings. The lowest BCUT2D eigenvalue weighted by molar-refractivity contribution is 0.102. The average Bonchev–Trinajstić information content (AvgIpc) is 3.25. The van der Waals surface area contributed by atoms with E-state index in [2.05, 4.69) is 16.0 Å². The SMILES string of the molecule is COc1cc(OC)c(NC(=S)Nc2ccc(NC(=O)c3ccoc3)cc2)cc1Cl. The molecule has 29 heavy (non-hydrogen) atoms. The number of methoxy groups -OCH3 is 2. The molecule has 150 valence electrons. The number of halogens is 1. The zero-order valence-corrected chi connectivity index (χ0v) is 17.2. The topological polar surface area (TPSA) is 84.8 Å². The Morgan fingerprint density at radius 3 is 2.21 bits per heavy atom. The van der Waals surface area contributed by atoms with E-state index >= 15 is 0 Å². The maximum atomic E-state index is 12.0. The first kappa shape index (κ1) is 20.5. The summed E-state index contributed by atoms with van der Waals surface area (Å²) < 4.78 is 15.4. The lowest BCUT2D eigenvalue weighted by Crippen LogP contribution is -2.19. The van der Waals surface area contributed by atoms with Gasteiger partial charge in [0, 0.05) is 17.4 Å². The van der Waals surface area contributed by atoms with Crippen LogP contribution in [0.3, 0.4) is 0 Å². The molecule has 9 heteroatoms. The summed E-state index contributed by atoms with van der Waals surface area (Å²) in [4.78, 5) is 12.0. The molecule has 0 atom stereocenters. The van der Waals surface area contributed by atoms with Gasteiger partial charge in [0.1, 0.15) is 17.8 Å². The number of carbonyl (C=O) groups is 1. The summed E-state index contributed by atoms with van der Waals surface area (Å²) in [6, 6.07) is 12.0. The molecule has 0 saturated carbocycles. The number of ether oxygens (including phenoxy) is 2. The van der Waals surface area contributed by atoms with Gasteiger partial charge < -0.3 is 29.8 Å². The van der Waals surface area contributed by atoms with Crippen LogP contribution in [-0.4, -0.2) is 25.2 Å². The van der Waals surface area contributed by atoms with Gasteiger partial charge in [0.2, 0.25) is 0 Å². The molecule has 1 aromatic heterocycles. The highest BCUT2D eigenvalue weighted by atomic mass is 35.5. The molecule has 0 bridgehead atoms. The number of carbonyl (C=O) groups excluding carboxylic acids is 1. The highest BCUT2D eigenvalue weighted by molar-refractivity contribution is 7.80. The van der Waals surface area contributed by atoms with Crippen molar-refractivity contribution in [2.45, 2.75) is 0 Å². The molecule has 0 fully saturated rings. The number of hydrogen-bond donors (Lipinski definition) is 3. The minimum Gasteiger partial charge on any atom is -0.495 e. The minimum atomic E-state index is -0.250. The summed E-state index contributed by atoms with van der Waals surface area (Å²) in [5, 5.41) is 9.66. The molecule has 0 aliphatic carbocycles. The van der Waals surface area contributed by atoms with Gasteiger partial charge in [-0.2, -0.15) is 0 Å². The second-order valence-corrected chi connectivity index (χ2v) is 6.63. The van der Waals surface area contributed by atoms with Crippen LogP contribution in [0.4, 0.5) is 17.1 Å². The summed E-state index contributed by atoms with van der Waals surface area (Å²) in [5.74, 6) is 0.786. The average molecular weight is 432 g/mol. The van der Waals surface area contributed by atoms with Gasteiger partial charge in [-0.25, -0.2) is 0 Å². The largest absolute Gasteiger partial charge is 0.495 e. The Balaban J connectivity index is 1.62. The van der Waals surface area contributed by atoms with Crippen LogP contribution in [0.5, 0.6) is 11.5 Å². The van der Waals surface area contributed by atoms with Crippen LogP contribution in [0, 0.1) is 0 Å². The van der Waals surface area contributed by atoms with Crippen molar-refractivity contribution in [3.8, 4) is 11.5 Å². The number of thiocarbonyl (C=S) groups is 1. The fraction of sp³-hybridized carbons (Fsp3) is 0.100. The Hall–Kier alpha value is -3.23. The van der Waals surface area contributed by atoms with Crippen LogP contribution in [0.1, 0.15) is 10.4 Å². The second kappa shape index (κ2) is 9.31. The molecule has 1 amide bonds. The van der Waals surface area contributed by atoms with Gasteiger partial charge in [-0.3, -0.25) is 4.79 Å². The summed E-state index contributed by atoms with van der Waals surface area (Å²) in [6.07, 6.45) is 2.83. The van der Waals surface area contributed by atoms with Crippen molar-refractivity contribution in [3.63, 3.8) is 0 Å². The third-order valence-corrected chi connectivity index (χ3v) is 4.41. The van der Waals surface area contributed by atoms with E-state index in [-0.39, 0.29) is 5.91 Å². The Morgan fingerprint density at radius 2 is 1.62 bits per heavy atom. The molecule has 3 N–H and O–H groups in total. The van der Waals surface area contributed by atoms with Crippen LogP contribution in [-0.2, 0) is 0 Å². The molecule has 0 radical (unpaired) electrons. The predicted molar refractivity (Wildman–Crippen MR) is 118 cm³/mol. The zero-order valence-electron chi connectivity index (χ0n) is 15.6. The summed E-state index contributed by atoms with van der Waals surface area (Å²) in [5.41, 5.74) is 2.43. The molecular formula is C20H18ClN3O4S. The van der Waals surface area contributed by atoms with Crippen molar-refractivity contribution in [2.75, 3.05) is 30.2 Å². The lowest BCUT2D eigenvalue weighted by atomic mass is 10.2. The molecule has 0 aliphatic heterocycles. The standard InChI is InChI=1S/C20H18ClN3O4S/c1-26-17-10-18(27-2)16(9-15(17)21)24-20(29)23-14-5-3-13(4-6-14)22-19(25)12-7-8-28-11-12/h3-11H,1-2H3,(H,22,25)(H2,23,24,29). The van der Waals surface area contributed by atoms with Crippen molar-refractivity contribution in [1.82, 2.24) is 0 Å². The third-order valence-electron chi connectivity index (χ3n) is 3.91. The second-order valence-electron chi connectivity index (χ2n) is 5.81. The summed E-state index contributed by atoms with van der Waals surface area (Å²) in [7, 11) is 3.07. The first-order chi connectivity index (χ1) is 14.0. The van der Waals surface area contributed by atoms with Crippen LogP contribution < -0.4 is 25.4 Å². The molecule has 0 unspecified atom stereocenters. The van der Waals surface area contributed by atoms with E-state index in [1.54, 1.807) is 49.6 Å². The van der Waals surface area contributed by atoms with Gasteiger partial charge in [-0.05, 0) is 48.6 Å². The Labute approximate surface area is 177 Å². The van der Waals surface area contributed by atoms with E-state index < -0.39 is 0 Å². The van der Waals surface area contributed by atoms with E-state index in [1.165, 1.54) is 19.6 Å². The number of amides is 1. The van der Waals surface area contributed by atoms with Gasteiger partial charge in [-0.1, -0.05) is 11.6 Å². The first-order valence-electron chi connectivity index (χ1n) is 8.43. The Morgan fingerprint density at radius 1 is 0.966 bits per heavy atom. The lowest BCUT2D eigenvalue weighted by Gasteiger charge is -2.15. The van der Waals surface area contributed by atoms with Crippen molar-refractivity contribution in [2.24, 2.45) is 0 Å². The van der Waals surface area contributed by atoms with Gasteiger partial charge in [0.25, 0.3) is 5.91 Å². The van der Waals surface area contributed by atoms with E-state index in [0.717, 1.165) is 5.69 Å². The Bertz CT molecular complexity index is 1010. The molecule has 0 saturated heterocycles. The quantitative estimate of drug-likeness (QED) is 0.473. The molecule has 0 aliphatic rings. The molecule has 1 heterocycles. The van der Waals surface area contributed by atoms with Gasteiger partial charge in [-0.15, -0.1) is 0 Å². The van der Waals surface area contributed by atoms with Crippen molar-refractivity contribution in [3.05, 3.63) is 65.6 Å². The molecule has 3 rings (SSSR count). The fourth-order valence-corrected chi connectivity index (χ4v) is 2.94. The smallest absolute Gasteiger partial charge is 0.258 e. The molecule has 7 nitrogen and oxygen atoms in total. The predicted octanol–water partition coefficient (Wildman–Crippen LogP) is 5.01. The first-order valence-corrected chi connectivity index (χ1v) is 9.22. The summed E-state index contributed by atoms with van der Waals surface area (Å²) >= 11 is 11.5. The van der Waals surface area contributed by atoms with Gasteiger partial charge in [0.15, 0.2) is 5.11 Å². The van der Waals surface area contributed by atoms with Crippen molar-refractivity contribution in [1.29, 1.82) is 0 Å². The highest BCUT2D eigenvalue weighted by Crippen LogP contribution is 2.36. The van der Waals surface area contributed by atoms with Crippen LogP contribution >= 0.6 is 23.8 Å². The molecule has 2 aromatic carbocycles. The van der Waals surface area contributed by atoms with E-state index in [4.69, 9.17) is 37.7 Å². The minimum absolute atomic E-state index is 0.250. The highest BCUT2D eigenvalue weighted by Gasteiger charge is 2.11. The van der Waals surface area contributed by atoms with E-state index in [9.17, 15) is 4.79 Å². The van der Waals surface area contributed by atoms with Crippen LogP contribution in [0.15, 0.2) is 59.4 Å². The Kier molecular flexibility index (Phi) is 6.58. The van der Waals surface area contributed by atoms with E-state index in [1.807, 2.05) is 0 Å². The number of nitrogens with one attached hydrogen (secondary N) is 3. The summed E-state index contributed by atoms with van der Waals surface area (Å²) in [6.45, 7) is 0. The van der Waals surface area contributed by atoms with Crippen molar-refractivity contribution >= 4 is 51.9 Å². The number of furan rings is 1. The normalized spacial score (nSPS) is 10.2. The van der Waals surface area contributed by atoms with Crippen LogP contribution in [0.25, 0.3) is 0 Å². The van der Waals surface area contributed by atoms with Gasteiger partial charge >= 0.3 is 0 Å². The third kappa shape index (κ3) is 5.18. The molecular weight excluding hydrogens is 414 g/mol. The van der Waals surface area contributed by atoms with Gasteiger partial charge in [0.05, 0.1) is 36.8 Å². The molecule has 0 spiro atoms. The maximum Gasteiger partial charge on any atom is 0.258 e. The number of rotatable bonds is 6. The number of anilines is 3. The van der Waals surface area contributed by atoms with Crippen LogP contribution in [0.2, 0.25) is 5.02 Å². The number of benzene rings is 2. The monoisotopic (exact) mass is 431 g/mol.